The summed E-state index contributed by atoms with van der Waals surface area (Å²) >= 11 is 4.25. The summed E-state index contributed by atoms with van der Waals surface area (Å²) in [6.07, 6.45) is 2.62. The van der Waals surface area contributed by atoms with E-state index in [0.717, 1.165) is 29.5 Å². The average Bonchev–Trinajstić information content (AvgIpc) is 2.68. The van der Waals surface area contributed by atoms with Gasteiger partial charge in [0.25, 0.3) is 10.0 Å². The summed E-state index contributed by atoms with van der Waals surface area (Å²) in [4.78, 5) is 0.376. The molecule has 154 valence electrons. The zero-order valence-electron chi connectivity index (χ0n) is 17.3. The van der Waals surface area contributed by atoms with Crippen LogP contribution < -0.4 is 0 Å². The molecular formula is C21H26BrNO3S2Zn. The van der Waals surface area contributed by atoms with Gasteiger partial charge < -0.3 is 5.41 Å². The molecule has 0 saturated carbocycles. The third kappa shape index (κ3) is 8.08. The van der Waals surface area contributed by atoms with E-state index in [-0.39, 0.29) is 4.90 Å². The number of unbranched alkanes of at least 4 members (excludes halogenated alkanes) is 1. The maximum absolute atomic E-state index is 13.7. The Bertz CT molecular complexity index is 1040. The minimum absolute atomic E-state index is 0.0287. The van der Waals surface area contributed by atoms with E-state index >= 15 is 0 Å². The minimum atomic E-state index is -4.09. The van der Waals surface area contributed by atoms with Gasteiger partial charge in [0.05, 0.1) is 4.90 Å². The molecule has 8 heteroatoms. The van der Waals surface area contributed by atoms with Crippen molar-refractivity contribution < 1.29 is 29.0 Å². The van der Waals surface area contributed by atoms with Crippen molar-refractivity contribution in [3.63, 3.8) is 0 Å². The molecule has 0 heterocycles. The van der Waals surface area contributed by atoms with Crippen LogP contribution in [0.5, 0.6) is 0 Å². The number of halogens is 1. The molecule has 0 N–H and O–H groups in total. The topological polar surface area (TPSA) is 63.6 Å². The molecule has 0 aliphatic rings. The van der Waals surface area contributed by atoms with Crippen molar-refractivity contribution in [2.75, 3.05) is 0 Å². The Hall–Kier alpha value is -0.817. The van der Waals surface area contributed by atoms with Gasteiger partial charge in [-0.3, -0.25) is 4.21 Å². The molecule has 2 aromatic rings. The van der Waals surface area contributed by atoms with Gasteiger partial charge in [0.15, 0.2) is 0 Å². The predicted molar refractivity (Wildman–Crippen MR) is 119 cm³/mol. The Morgan fingerprint density at radius 1 is 0.931 bits per heavy atom. The third-order valence-corrected chi connectivity index (χ3v) is 8.11. The summed E-state index contributed by atoms with van der Waals surface area (Å²) in [7, 11) is -7.47. The van der Waals surface area contributed by atoms with Crippen LogP contribution in [0.3, 0.4) is 0 Å². The predicted octanol–water partition coefficient (Wildman–Crippen LogP) is 6.26. The van der Waals surface area contributed by atoms with Gasteiger partial charge in [-0.15, -0.1) is 3.77 Å². The number of hydrogen-bond acceptors (Lipinski definition) is 3. The first kappa shape index (κ1) is 26.2. The second-order valence-electron chi connectivity index (χ2n) is 6.69. The molecule has 0 bridgehead atoms. The van der Waals surface area contributed by atoms with Crippen molar-refractivity contribution in [1.82, 2.24) is 0 Å². The maximum atomic E-state index is 13.7. The summed E-state index contributed by atoms with van der Waals surface area (Å²) < 4.78 is 43.1. The van der Waals surface area contributed by atoms with Crippen LogP contribution in [0.15, 0.2) is 67.7 Å². The van der Waals surface area contributed by atoms with Crippen LogP contribution in [0.2, 0.25) is 0 Å². The van der Waals surface area contributed by atoms with E-state index in [4.69, 9.17) is 0 Å². The van der Waals surface area contributed by atoms with E-state index in [2.05, 4.69) is 29.7 Å². The zero-order valence-corrected chi connectivity index (χ0v) is 23.5. The van der Waals surface area contributed by atoms with Crippen molar-refractivity contribution in [2.24, 2.45) is 3.77 Å². The van der Waals surface area contributed by atoms with Crippen LogP contribution in [-0.2, 0) is 36.1 Å². The van der Waals surface area contributed by atoms with E-state index in [1.54, 1.807) is 36.4 Å². The monoisotopic (exact) mass is 547 g/mol. The first-order chi connectivity index (χ1) is 13.7. The van der Waals surface area contributed by atoms with Gasteiger partial charge >= 0.3 is 30.0 Å². The van der Waals surface area contributed by atoms with Crippen molar-refractivity contribution in [3.05, 3.63) is 70.6 Å². The van der Waals surface area contributed by atoms with Crippen molar-refractivity contribution in [3.8, 4) is 0 Å². The van der Waals surface area contributed by atoms with Gasteiger partial charge in [-0.25, -0.2) is 5.57 Å². The molecule has 2 rings (SSSR count). The van der Waals surface area contributed by atoms with Crippen LogP contribution >= 0.6 is 13.6 Å². The SMILES string of the molecule is CCCCC(C)=[C-][S@@](=O)(=NS(=O)(=O)c1ccc(C)cc1)c1ccc(C)cc1.[Zn+][Br]. The summed E-state index contributed by atoms with van der Waals surface area (Å²) in [5.74, 6) is 0. The first-order valence-corrected chi connectivity index (χ1v) is 19.1. The van der Waals surface area contributed by atoms with Crippen molar-refractivity contribution in [1.29, 1.82) is 0 Å². The number of allylic oxidation sites excluding steroid dienone is 1. The number of rotatable bonds is 7. The fourth-order valence-electron chi connectivity index (χ4n) is 2.46. The van der Waals surface area contributed by atoms with Crippen molar-refractivity contribution >= 4 is 33.4 Å². The van der Waals surface area contributed by atoms with Gasteiger partial charge in [0.2, 0.25) is 0 Å². The fourth-order valence-corrected chi connectivity index (χ4v) is 6.08. The van der Waals surface area contributed by atoms with Crippen LogP contribution in [0, 0.1) is 19.3 Å². The van der Waals surface area contributed by atoms with Crippen LogP contribution in [-0.4, -0.2) is 12.6 Å². The molecule has 0 aliphatic carbocycles. The molecule has 0 unspecified atom stereocenters. The number of sulfonamides is 1. The molecular weight excluding hydrogens is 524 g/mol. The molecule has 1 atom stereocenters. The summed E-state index contributed by atoms with van der Waals surface area (Å²) in [5, 5.41) is 2.90. The molecule has 29 heavy (non-hydrogen) atoms. The summed E-state index contributed by atoms with van der Waals surface area (Å²) in [5.41, 5.74) is 2.69. The van der Waals surface area contributed by atoms with E-state index in [9.17, 15) is 12.6 Å². The number of nitrogens with zero attached hydrogens (tertiary/aromatic N) is 1. The quantitative estimate of drug-likeness (QED) is 0.302. The zero-order chi connectivity index (χ0) is 22.1. The van der Waals surface area contributed by atoms with Crippen LogP contribution in [0.25, 0.3) is 0 Å². The Labute approximate surface area is 192 Å². The van der Waals surface area contributed by atoms with Gasteiger partial charge in [-0.2, -0.15) is 8.42 Å². The first-order valence-electron chi connectivity index (χ1n) is 9.20. The van der Waals surface area contributed by atoms with E-state index in [1.165, 1.54) is 28.5 Å². The van der Waals surface area contributed by atoms with E-state index in [1.807, 2.05) is 20.8 Å². The third-order valence-electron chi connectivity index (χ3n) is 4.08. The Morgan fingerprint density at radius 3 is 1.83 bits per heavy atom. The van der Waals surface area contributed by atoms with Crippen LogP contribution in [0.1, 0.15) is 44.2 Å². The second-order valence-corrected chi connectivity index (χ2v) is 10.4. The van der Waals surface area contributed by atoms with Gasteiger partial charge in [-0.05, 0) is 47.8 Å². The van der Waals surface area contributed by atoms with E-state index < -0.39 is 19.8 Å². The number of benzene rings is 2. The number of aryl methyl sites for hydroxylation is 2. The van der Waals surface area contributed by atoms with Gasteiger partial charge in [-0.1, -0.05) is 68.5 Å². The normalized spacial score (nSPS) is 13.8. The van der Waals surface area contributed by atoms with Crippen molar-refractivity contribution in [2.45, 2.75) is 56.7 Å². The van der Waals surface area contributed by atoms with Gasteiger partial charge in [0, 0.05) is 4.90 Å². The van der Waals surface area contributed by atoms with Crippen LogP contribution in [0.4, 0.5) is 0 Å². The molecule has 0 radical (unpaired) electrons. The molecule has 0 amide bonds. The van der Waals surface area contributed by atoms with Gasteiger partial charge in [0.1, 0.15) is 0 Å². The molecule has 0 aliphatic heterocycles. The Kier molecular flexibility index (Phi) is 11.0. The Morgan fingerprint density at radius 2 is 1.38 bits per heavy atom. The molecule has 0 spiro atoms. The molecule has 4 nitrogen and oxygen atoms in total. The second kappa shape index (κ2) is 12.1. The fraction of sp³-hybridized carbons (Fsp3) is 0.333. The standard InChI is InChI=1S/C21H26NO3S2.BrH.Zn/c1-5-6-7-19(4)16-26(23,20-12-8-17(2)9-13-20)22-27(24,25)21-14-10-18(3)11-15-21;;/h8-15H,5-7H2,1-4H3;1H;/q-1;;+2/p-1/t26-;;/m0../s1. The molecule has 2 aromatic carbocycles. The average molecular weight is 550 g/mol. The Balaban J connectivity index is 0.00000204. The molecule has 0 saturated heterocycles. The van der Waals surface area contributed by atoms with E-state index in [0.29, 0.717) is 11.3 Å². The number of hydrogen-bond donors (Lipinski definition) is 0. The molecule has 0 fully saturated rings. The molecule has 0 aromatic heterocycles. The summed E-state index contributed by atoms with van der Waals surface area (Å²) in [6.45, 7) is 7.67. The summed E-state index contributed by atoms with van der Waals surface area (Å²) in [6, 6.07) is 13.3.